The van der Waals surface area contributed by atoms with E-state index in [4.69, 9.17) is 4.74 Å². The number of aryl methyl sites for hydroxylation is 1. The highest BCUT2D eigenvalue weighted by Crippen LogP contribution is 2.30. The van der Waals surface area contributed by atoms with Crippen LogP contribution >= 0.6 is 15.9 Å². The van der Waals surface area contributed by atoms with Crippen LogP contribution < -0.4 is 9.46 Å². The molecule has 1 atom stereocenters. The smallest absolute Gasteiger partial charge is 0.245 e. The Kier molecular flexibility index (Phi) is 5.99. The van der Waals surface area contributed by atoms with Crippen LogP contribution in [0.1, 0.15) is 22.7 Å². The summed E-state index contributed by atoms with van der Waals surface area (Å²) in [5.41, 5.74) is 2.80. The predicted molar refractivity (Wildman–Crippen MR) is 110 cm³/mol. The normalized spacial score (nSPS) is 12.6. The molecule has 0 aliphatic carbocycles. The minimum absolute atomic E-state index is 0.0907. The zero-order valence-corrected chi connectivity index (χ0v) is 17.4. The number of methoxy groups -OCH3 is 1. The zero-order valence-electron chi connectivity index (χ0n) is 15.0. The van der Waals surface area contributed by atoms with Crippen LogP contribution in [0.5, 0.6) is 5.75 Å². The molecule has 27 heavy (non-hydrogen) atoms. The maximum absolute atomic E-state index is 13.2. The SMILES string of the molecule is COc1ccc(Br)cc1S(=O)(=O)N[C@H](c1ccccc1)c1cccc(C)c1. The Bertz CT molecular complexity index is 1040. The lowest BCUT2D eigenvalue weighted by molar-refractivity contribution is 0.402. The number of sulfonamides is 1. The van der Waals surface area contributed by atoms with Crippen molar-refractivity contribution in [3.05, 3.63) is 94.0 Å². The van der Waals surface area contributed by atoms with Crippen LogP contribution in [-0.4, -0.2) is 15.5 Å². The molecule has 1 N–H and O–H groups in total. The van der Waals surface area contributed by atoms with Gasteiger partial charge in [0.05, 0.1) is 13.2 Å². The van der Waals surface area contributed by atoms with Crippen molar-refractivity contribution in [2.45, 2.75) is 17.9 Å². The summed E-state index contributed by atoms with van der Waals surface area (Å²) in [6.07, 6.45) is 0. The Morgan fingerprint density at radius 2 is 1.63 bits per heavy atom. The average molecular weight is 446 g/mol. The Morgan fingerprint density at radius 3 is 2.30 bits per heavy atom. The number of rotatable bonds is 6. The molecule has 0 fully saturated rings. The molecule has 0 aliphatic rings. The molecular formula is C21H20BrNO3S. The average Bonchev–Trinajstić information content (AvgIpc) is 2.67. The lowest BCUT2D eigenvalue weighted by atomic mass is 9.98. The van der Waals surface area contributed by atoms with Gasteiger partial charge in [-0.25, -0.2) is 8.42 Å². The van der Waals surface area contributed by atoms with Crippen molar-refractivity contribution in [3.8, 4) is 5.75 Å². The van der Waals surface area contributed by atoms with Crippen molar-refractivity contribution in [1.29, 1.82) is 0 Å². The number of halogens is 1. The highest BCUT2D eigenvalue weighted by Gasteiger charge is 2.26. The van der Waals surface area contributed by atoms with Gasteiger partial charge >= 0.3 is 0 Å². The summed E-state index contributed by atoms with van der Waals surface area (Å²) < 4.78 is 35.2. The summed E-state index contributed by atoms with van der Waals surface area (Å²) in [5.74, 6) is 0.293. The second kappa shape index (κ2) is 8.25. The molecular weight excluding hydrogens is 426 g/mol. The minimum Gasteiger partial charge on any atom is -0.495 e. The van der Waals surface area contributed by atoms with Gasteiger partial charge in [-0.3, -0.25) is 0 Å². The van der Waals surface area contributed by atoms with E-state index in [0.29, 0.717) is 10.2 Å². The molecule has 0 saturated carbocycles. The third kappa shape index (κ3) is 4.58. The van der Waals surface area contributed by atoms with E-state index in [1.807, 2.05) is 61.5 Å². The number of ether oxygens (including phenoxy) is 1. The topological polar surface area (TPSA) is 55.4 Å². The van der Waals surface area contributed by atoms with E-state index < -0.39 is 16.1 Å². The third-order valence-corrected chi connectivity index (χ3v) is 6.13. The van der Waals surface area contributed by atoms with E-state index in [1.54, 1.807) is 18.2 Å². The van der Waals surface area contributed by atoms with E-state index in [-0.39, 0.29) is 4.90 Å². The molecule has 0 bridgehead atoms. The van der Waals surface area contributed by atoms with Gasteiger partial charge in [0.2, 0.25) is 10.0 Å². The van der Waals surface area contributed by atoms with Gasteiger partial charge in [-0.1, -0.05) is 76.1 Å². The molecule has 4 nitrogen and oxygen atoms in total. The summed E-state index contributed by atoms with van der Waals surface area (Å²) in [4.78, 5) is 0.0907. The minimum atomic E-state index is -3.84. The number of benzene rings is 3. The second-order valence-electron chi connectivity index (χ2n) is 6.17. The van der Waals surface area contributed by atoms with Gasteiger partial charge in [-0.05, 0) is 36.2 Å². The highest BCUT2D eigenvalue weighted by atomic mass is 79.9. The summed E-state index contributed by atoms with van der Waals surface area (Å²) in [6, 6.07) is 21.7. The first kappa shape index (κ1) is 19.6. The van der Waals surface area contributed by atoms with Gasteiger partial charge in [0.25, 0.3) is 0 Å². The molecule has 0 aromatic heterocycles. The summed E-state index contributed by atoms with van der Waals surface area (Å²) in [5, 5.41) is 0. The zero-order chi connectivity index (χ0) is 19.4. The van der Waals surface area contributed by atoms with Crippen LogP contribution in [0.15, 0.2) is 82.2 Å². The van der Waals surface area contributed by atoms with Crippen molar-refractivity contribution in [2.24, 2.45) is 0 Å². The predicted octanol–water partition coefficient (Wildman–Crippen LogP) is 4.83. The first-order chi connectivity index (χ1) is 12.9. The Hall–Kier alpha value is -2.15. The first-order valence-electron chi connectivity index (χ1n) is 8.38. The van der Waals surface area contributed by atoms with E-state index in [9.17, 15) is 8.42 Å². The van der Waals surface area contributed by atoms with Crippen molar-refractivity contribution < 1.29 is 13.2 Å². The molecule has 0 unspecified atom stereocenters. The Balaban J connectivity index is 2.08. The van der Waals surface area contributed by atoms with Crippen LogP contribution in [-0.2, 0) is 10.0 Å². The largest absolute Gasteiger partial charge is 0.495 e. The van der Waals surface area contributed by atoms with Crippen molar-refractivity contribution in [1.82, 2.24) is 4.72 Å². The Labute approximate surface area is 168 Å². The fourth-order valence-corrected chi connectivity index (χ4v) is 4.82. The molecule has 3 aromatic carbocycles. The molecule has 0 aliphatic heterocycles. The summed E-state index contributed by atoms with van der Waals surface area (Å²) in [6.45, 7) is 1.98. The quantitative estimate of drug-likeness (QED) is 0.590. The molecule has 3 aromatic rings. The third-order valence-electron chi connectivity index (χ3n) is 4.20. The summed E-state index contributed by atoms with van der Waals surface area (Å²) >= 11 is 3.34. The lowest BCUT2D eigenvalue weighted by Crippen LogP contribution is -2.29. The second-order valence-corrected chi connectivity index (χ2v) is 8.77. The fraction of sp³-hybridized carbons (Fsp3) is 0.143. The molecule has 3 rings (SSSR count). The molecule has 140 valence electrons. The van der Waals surface area contributed by atoms with Crippen LogP contribution in [0.3, 0.4) is 0 Å². The maximum atomic E-state index is 13.2. The standard InChI is InChI=1S/C21H20BrNO3S/c1-15-7-6-10-17(13-15)21(16-8-4-3-5-9-16)23-27(24,25)20-14-18(22)11-12-19(20)26-2/h3-14,21,23H,1-2H3/t21-/m1/s1. The van der Waals surface area contributed by atoms with Gasteiger partial charge in [0.15, 0.2) is 0 Å². The fourth-order valence-electron chi connectivity index (χ4n) is 2.90. The molecule has 0 radical (unpaired) electrons. The number of hydrogen-bond donors (Lipinski definition) is 1. The van der Waals surface area contributed by atoms with Gasteiger partial charge < -0.3 is 4.74 Å². The summed E-state index contributed by atoms with van der Waals surface area (Å²) in [7, 11) is -2.38. The monoisotopic (exact) mass is 445 g/mol. The van der Waals surface area contributed by atoms with E-state index in [2.05, 4.69) is 20.7 Å². The maximum Gasteiger partial charge on any atom is 0.245 e. The van der Waals surface area contributed by atoms with Crippen molar-refractivity contribution >= 4 is 26.0 Å². The molecule has 6 heteroatoms. The molecule has 0 amide bonds. The van der Waals surface area contributed by atoms with Crippen LogP contribution in [0.2, 0.25) is 0 Å². The highest BCUT2D eigenvalue weighted by molar-refractivity contribution is 9.10. The van der Waals surface area contributed by atoms with Gasteiger partial charge in [0.1, 0.15) is 10.6 Å². The molecule has 0 heterocycles. The molecule has 0 saturated heterocycles. The van der Waals surface area contributed by atoms with Crippen molar-refractivity contribution in [2.75, 3.05) is 7.11 Å². The van der Waals surface area contributed by atoms with Crippen LogP contribution in [0, 0.1) is 6.92 Å². The number of nitrogens with one attached hydrogen (secondary N) is 1. The van der Waals surface area contributed by atoms with Gasteiger partial charge in [-0.2, -0.15) is 4.72 Å². The lowest BCUT2D eigenvalue weighted by Gasteiger charge is -2.21. The van der Waals surface area contributed by atoms with Gasteiger partial charge in [-0.15, -0.1) is 0 Å². The van der Waals surface area contributed by atoms with E-state index in [0.717, 1.165) is 16.7 Å². The van der Waals surface area contributed by atoms with Crippen molar-refractivity contribution in [3.63, 3.8) is 0 Å². The van der Waals surface area contributed by atoms with Crippen LogP contribution in [0.25, 0.3) is 0 Å². The van der Waals surface area contributed by atoms with E-state index in [1.165, 1.54) is 7.11 Å². The molecule has 0 spiro atoms. The van der Waals surface area contributed by atoms with Gasteiger partial charge in [0, 0.05) is 4.47 Å². The first-order valence-corrected chi connectivity index (χ1v) is 10.7. The van der Waals surface area contributed by atoms with Crippen LogP contribution in [0.4, 0.5) is 0 Å². The Morgan fingerprint density at radius 1 is 0.926 bits per heavy atom. The van der Waals surface area contributed by atoms with E-state index >= 15 is 0 Å². The number of hydrogen-bond acceptors (Lipinski definition) is 3.